The van der Waals surface area contributed by atoms with Crippen LogP contribution in [0.5, 0.6) is 5.75 Å². The van der Waals surface area contributed by atoms with Crippen molar-refractivity contribution in [2.45, 2.75) is 12.8 Å². The van der Waals surface area contributed by atoms with E-state index in [0.717, 1.165) is 40.5 Å². The number of benzene rings is 2. The van der Waals surface area contributed by atoms with Gasteiger partial charge in [-0.1, -0.05) is 42.5 Å². The highest BCUT2D eigenvalue weighted by Crippen LogP contribution is 2.30. The summed E-state index contributed by atoms with van der Waals surface area (Å²) in [5.41, 5.74) is 1.63. The zero-order valence-corrected chi connectivity index (χ0v) is 11.4. The maximum Gasteiger partial charge on any atom is 0.189 e. The van der Waals surface area contributed by atoms with E-state index >= 15 is 0 Å². The van der Waals surface area contributed by atoms with E-state index in [4.69, 9.17) is 4.74 Å². The number of carbonyl (C=O) groups is 1. The molecule has 0 radical (unpaired) electrons. The van der Waals surface area contributed by atoms with Crippen LogP contribution in [-0.2, 0) is 0 Å². The van der Waals surface area contributed by atoms with Crippen LogP contribution in [0.2, 0.25) is 0 Å². The van der Waals surface area contributed by atoms with Crippen LogP contribution in [0.3, 0.4) is 0 Å². The van der Waals surface area contributed by atoms with Crippen LogP contribution in [0.4, 0.5) is 0 Å². The van der Waals surface area contributed by atoms with Crippen LogP contribution < -0.4 is 4.74 Å². The van der Waals surface area contributed by atoms with E-state index in [-0.39, 0.29) is 5.78 Å². The van der Waals surface area contributed by atoms with Crippen molar-refractivity contribution in [3.05, 3.63) is 65.8 Å². The second-order valence-corrected chi connectivity index (χ2v) is 4.83. The van der Waals surface area contributed by atoms with Gasteiger partial charge in [0.1, 0.15) is 5.75 Å². The van der Waals surface area contributed by atoms with Gasteiger partial charge in [0.2, 0.25) is 0 Å². The molecule has 0 heterocycles. The quantitative estimate of drug-likeness (QED) is 0.610. The third-order valence-electron chi connectivity index (χ3n) is 3.65. The molecule has 0 spiro atoms. The number of rotatable bonds is 3. The Kier molecular flexibility index (Phi) is 3.38. The Morgan fingerprint density at radius 3 is 2.55 bits per heavy atom. The monoisotopic (exact) mass is 264 g/mol. The van der Waals surface area contributed by atoms with Gasteiger partial charge in [0.15, 0.2) is 5.78 Å². The first kappa shape index (κ1) is 12.7. The molecule has 0 saturated heterocycles. The molecule has 2 aromatic rings. The highest BCUT2D eigenvalue weighted by molar-refractivity contribution is 6.17. The summed E-state index contributed by atoms with van der Waals surface area (Å²) in [7, 11) is 1.65. The van der Waals surface area contributed by atoms with Crippen molar-refractivity contribution in [1.29, 1.82) is 0 Å². The Morgan fingerprint density at radius 2 is 1.85 bits per heavy atom. The molecule has 2 nitrogen and oxygen atoms in total. The van der Waals surface area contributed by atoms with E-state index in [2.05, 4.69) is 12.2 Å². The van der Waals surface area contributed by atoms with Gasteiger partial charge in [0.05, 0.1) is 7.11 Å². The van der Waals surface area contributed by atoms with Gasteiger partial charge < -0.3 is 4.74 Å². The minimum atomic E-state index is 0.119. The lowest BCUT2D eigenvalue weighted by molar-refractivity contribution is 0.103. The molecule has 2 heteroatoms. The highest BCUT2D eigenvalue weighted by Gasteiger charge is 2.16. The molecule has 1 aliphatic carbocycles. The molecule has 0 aliphatic heterocycles. The van der Waals surface area contributed by atoms with Crippen molar-refractivity contribution < 1.29 is 9.53 Å². The van der Waals surface area contributed by atoms with Crippen LogP contribution in [0.1, 0.15) is 23.2 Å². The van der Waals surface area contributed by atoms with Gasteiger partial charge >= 0.3 is 0 Å². The van der Waals surface area contributed by atoms with Gasteiger partial charge in [0.25, 0.3) is 0 Å². The van der Waals surface area contributed by atoms with Gasteiger partial charge in [-0.15, -0.1) is 0 Å². The smallest absolute Gasteiger partial charge is 0.189 e. The van der Waals surface area contributed by atoms with Crippen molar-refractivity contribution in [3.63, 3.8) is 0 Å². The zero-order chi connectivity index (χ0) is 13.9. The van der Waals surface area contributed by atoms with Crippen molar-refractivity contribution in [1.82, 2.24) is 0 Å². The predicted molar refractivity (Wildman–Crippen MR) is 81.3 cm³/mol. The standard InChI is InChI=1S/C18H16O2/c1-20-17-12-11-16(14-9-5-6-10-15(14)17)18(19)13-7-3-2-4-8-13/h2-3,5-6,8-12H,4,7H2,1H3. The van der Waals surface area contributed by atoms with E-state index in [1.807, 2.05) is 42.5 Å². The molecule has 0 atom stereocenters. The van der Waals surface area contributed by atoms with Crippen molar-refractivity contribution >= 4 is 16.6 Å². The SMILES string of the molecule is COc1ccc(C(=O)C2=CCC=CC2)c2ccccc12. The number of ketones is 1. The molecular formula is C18H16O2. The fourth-order valence-corrected chi connectivity index (χ4v) is 2.61. The summed E-state index contributed by atoms with van der Waals surface area (Å²) in [4.78, 5) is 12.7. The maximum absolute atomic E-state index is 12.7. The molecule has 0 saturated carbocycles. The third kappa shape index (κ3) is 2.14. The predicted octanol–water partition coefficient (Wildman–Crippen LogP) is 4.31. The van der Waals surface area contributed by atoms with Gasteiger partial charge in [0, 0.05) is 16.5 Å². The molecule has 0 fully saturated rings. The number of carbonyl (C=O) groups excluding carboxylic acids is 1. The zero-order valence-electron chi connectivity index (χ0n) is 11.4. The first-order chi connectivity index (χ1) is 9.81. The highest BCUT2D eigenvalue weighted by atomic mass is 16.5. The van der Waals surface area contributed by atoms with Gasteiger partial charge in [-0.05, 0) is 30.4 Å². The normalized spacial score (nSPS) is 14.2. The summed E-state index contributed by atoms with van der Waals surface area (Å²) in [6, 6.07) is 11.6. The minimum Gasteiger partial charge on any atom is -0.496 e. The molecule has 0 amide bonds. The van der Waals surface area contributed by atoms with Crippen LogP contribution in [-0.4, -0.2) is 12.9 Å². The molecule has 0 N–H and O–H groups in total. The van der Waals surface area contributed by atoms with E-state index in [1.165, 1.54) is 0 Å². The number of hydrogen-bond donors (Lipinski definition) is 0. The maximum atomic E-state index is 12.7. The summed E-state index contributed by atoms with van der Waals surface area (Å²) in [6.07, 6.45) is 7.72. The van der Waals surface area contributed by atoms with Crippen LogP contribution in [0.25, 0.3) is 10.8 Å². The van der Waals surface area contributed by atoms with E-state index in [0.29, 0.717) is 0 Å². The Balaban J connectivity index is 2.12. The second-order valence-electron chi connectivity index (χ2n) is 4.83. The molecule has 3 rings (SSSR count). The lowest BCUT2D eigenvalue weighted by Gasteiger charge is -2.12. The number of allylic oxidation sites excluding steroid dienone is 4. The fourth-order valence-electron chi connectivity index (χ4n) is 2.61. The second kappa shape index (κ2) is 5.33. The minimum absolute atomic E-state index is 0.119. The van der Waals surface area contributed by atoms with Crippen molar-refractivity contribution in [2.75, 3.05) is 7.11 Å². The number of hydrogen-bond acceptors (Lipinski definition) is 2. The average molecular weight is 264 g/mol. The third-order valence-corrected chi connectivity index (χ3v) is 3.65. The molecule has 0 aromatic heterocycles. The molecule has 2 aromatic carbocycles. The first-order valence-electron chi connectivity index (χ1n) is 6.75. The number of Topliss-reactive ketones (excluding diaryl/α,β-unsaturated/α-hetero) is 1. The summed E-state index contributed by atoms with van der Waals surface area (Å²) >= 11 is 0. The molecule has 0 bridgehead atoms. The van der Waals surface area contributed by atoms with E-state index < -0.39 is 0 Å². The van der Waals surface area contributed by atoms with Gasteiger partial charge in [-0.3, -0.25) is 4.79 Å². The molecule has 0 unspecified atom stereocenters. The van der Waals surface area contributed by atoms with Gasteiger partial charge in [-0.25, -0.2) is 0 Å². The van der Waals surface area contributed by atoms with Crippen LogP contribution in [0.15, 0.2) is 60.2 Å². The topological polar surface area (TPSA) is 26.3 Å². The summed E-state index contributed by atoms with van der Waals surface area (Å²) in [6.45, 7) is 0. The largest absolute Gasteiger partial charge is 0.496 e. The van der Waals surface area contributed by atoms with Crippen molar-refractivity contribution in [3.8, 4) is 5.75 Å². The van der Waals surface area contributed by atoms with Crippen LogP contribution >= 0.6 is 0 Å². The Hall–Kier alpha value is -2.35. The lowest BCUT2D eigenvalue weighted by atomic mass is 9.93. The molecule has 20 heavy (non-hydrogen) atoms. The lowest BCUT2D eigenvalue weighted by Crippen LogP contribution is -2.05. The molecule has 1 aliphatic rings. The summed E-state index contributed by atoms with van der Waals surface area (Å²) in [5.74, 6) is 0.919. The van der Waals surface area contributed by atoms with E-state index in [9.17, 15) is 4.79 Å². The number of fused-ring (bicyclic) bond motifs is 1. The molecule has 100 valence electrons. The average Bonchev–Trinajstić information content (AvgIpc) is 2.54. The Morgan fingerprint density at radius 1 is 1.05 bits per heavy atom. The Bertz CT molecular complexity index is 723. The van der Waals surface area contributed by atoms with E-state index in [1.54, 1.807) is 7.11 Å². The van der Waals surface area contributed by atoms with Gasteiger partial charge in [-0.2, -0.15) is 0 Å². The summed E-state index contributed by atoms with van der Waals surface area (Å²) in [5, 5.41) is 1.93. The van der Waals surface area contributed by atoms with Crippen molar-refractivity contribution in [2.24, 2.45) is 0 Å². The Labute approximate surface area is 118 Å². The first-order valence-corrected chi connectivity index (χ1v) is 6.75. The summed E-state index contributed by atoms with van der Waals surface area (Å²) < 4.78 is 5.37. The molecular weight excluding hydrogens is 248 g/mol. The van der Waals surface area contributed by atoms with Crippen LogP contribution in [0, 0.1) is 0 Å². The fraction of sp³-hybridized carbons (Fsp3) is 0.167. The number of ether oxygens (including phenoxy) is 1. The number of methoxy groups -OCH3 is 1.